The maximum Gasteiger partial charge on any atom is 0.328 e. The number of carbonyl (C=O) groups is 2. The molecule has 1 fully saturated rings. The van der Waals surface area contributed by atoms with E-state index in [0.717, 1.165) is 31.2 Å². The van der Waals surface area contributed by atoms with Crippen LogP contribution in [-0.2, 0) is 21.2 Å². The van der Waals surface area contributed by atoms with Gasteiger partial charge in [0.1, 0.15) is 5.78 Å². The van der Waals surface area contributed by atoms with Gasteiger partial charge in [-0.3, -0.25) is 4.79 Å². The van der Waals surface area contributed by atoms with E-state index in [1.807, 2.05) is 4.72 Å². The third kappa shape index (κ3) is 5.33. The molecular formula is C17H24N2O4S. The predicted octanol–water partition coefficient (Wildman–Crippen LogP) is 2.38. The van der Waals surface area contributed by atoms with Crippen molar-refractivity contribution in [3.8, 4) is 0 Å². The zero-order chi connectivity index (χ0) is 17.7. The lowest BCUT2D eigenvalue weighted by atomic mass is 9.87. The van der Waals surface area contributed by atoms with Crippen molar-refractivity contribution < 1.29 is 18.0 Å². The minimum absolute atomic E-state index is 0.00205. The average molecular weight is 352 g/mol. The van der Waals surface area contributed by atoms with Crippen molar-refractivity contribution in [2.75, 3.05) is 0 Å². The summed E-state index contributed by atoms with van der Waals surface area (Å²) in [6, 6.07) is 5.29. The molecule has 0 radical (unpaired) electrons. The van der Waals surface area contributed by atoms with Gasteiger partial charge in [-0.2, -0.15) is 0 Å². The van der Waals surface area contributed by atoms with Crippen molar-refractivity contribution in [1.29, 1.82) is 0 Å². The lowest BCUT2D eigenvalue weighted by molar-refractivity contribution is -0.116. The number of urea groups is 1. The Morgan fingerprint density at radius 3 is 2.21 bits per heavy atom. The number of amides is 2. The van der Waals surface area contributed by atoms with E-state index in [1.165, 1.54) is 19.1 Å². The Morgan fingerprint density at radius 1 is 1.08 bits per heavy atom. The molecule has 1 aromatic carbocycles. The third-order valence-electron chi connectivity index (χ3n) is 4.26. The first-order valence-electron chi connectivity index (χ1n) is 8.18. The van der Waals surface area contributed by atoms with E-state index >= 15 is 0 Å². The van der Waals surface area contributed by atoms with Crippen LogP contribution in [0.15, 0.2) is 29.2 Å². The summed E-state index contributed by atoms with van der Waals surface area (Å²) in [7, 11) is -3.91. The number of Topliss-reactive ketones (excluding diaryl/α,β-unsaturated/α-hetero) is 1. The molecule has 1 aromatic rings. The van der Waals surface area contributed by atoms with Crippen LogP contribution in [0.5, 0.6) is 0 Å². The van der Waals surface area contributed by atoms with E-state index in [-0.39, 0.29) is 23.1 Å². The SMILES string of the molecule is CC(=O)Cc1ccc(S(=O)(=O)NC(=O)NC2CCC(C)CC2)cc1. The van der Waals surface area contributed by atoms with E-state index in [9.17, 15) is 18.0 Å². The van der Waals surface area contributed by atoms with E-state index < -0.39 is 16.1 Å². The molecule has 24 heavy (non-hydrogen) atoms. The van der Waals surface area contributed by atoms with Crippen molar-refractivity contribution in [3.05, 3.63) is 29.8 Å². The van der Waals surface area contributed by atoms with E-state index in [0.29, 0.717) is 5.92 Å². The molecule has 1 aliphatic carbocycles. The molecule has 132 valence electrons. The van der Waals surface area contributed by atoms with Crippen LogP contribution in [0.25, 0.3) is 0 Å². The number of rotatable bonds is 5. The van der Waals surface area contributed by atoms with Crippen LogP contribution in [0, 0.1) is 5.92 Å². The summed E-state index contributed by atoms with van der Waals surface area (Å²) >= 11 is 0. The average Bonchev–Trinajstić information content (AvgIpc) is 2.49. The summed E-state index contributed by atoms with van der Waals surface area (Å²) in [5.74, 6) is 0.660. The first-order valence-corrected chi connectivity index (χ1v) is 9.66. The van der Waals surface area contributed by atoms with Gasteiger partial charge >= 0.3 is 6.03 Å². The van der Waals surface area contributed by atoms with Crippen molar-refractivity contribution in [2.24, 2.45) is 5.92 Å². The second-order valence-corrected chi connectivity index (χ2v) is 8.24. The van der Waals surface area contributed by atoms with Gasteiger partial charge in [0.25, 0.3) is 10.0 Å². The zero-order valence-corrected chi connectivity index (χ0v) is 14.9. The highest BCUT2D eigenvalue weighted by atomic mass is 32.2. The largest absolute Gasteiger partial charge is 0.335 e. The second kappa shape index (κ2) is 7.79. The Morgan fingerprint density at radius 2 is 1.67 bits per heavy atom. The number of benzene rings is 1. The highest BCUT2D eigenvalue weighted by Gasteiger charge is 2.23. The molecule has 2 rings (SSSR count). The summed E-state index contributed by atoms with van der Waals surface area (Å²) < 4.78 is 26.5. The summed E-state index contributed by atoms with van der Waals surface area (Å²) in [6.45, 7) is 3.65. The van der Waals surface area contributed by atoms with Crippen LogP contribution < -0.4 is 10.0 Å². The van der Waals surface area contributed by atoms with Gasteiger partial charge < -0.3 is 5.32 Å². The Labute approximate surface area is 143 Å². The maximum atomic E-state index is 12.2. The Hall–Kier alpha value is -1.89. The van der Waals surface area contributed by atoms with Gasteiger partial charge in [-0.15, -0.1) is 0 Å². The van der Waals surface area contributed by atoms with Gasteiger partial charge in [-0.05, 0) is 56.2 Å². The number of nitrogens with one attached hydrogen (secondary N) is 2. The van der Waals surface area contributed by atoms with Crippen LogP contribution in [-0.4, -0.2) is 26.3 Å². The van der Waals surface area contributed by atoms with Crippen LogP contribution in [0.1, 0.15) is 45.1 Å². The molecule has 2 amide bonds. The predicted molar refractivity (Wildman–Crippen MR) is 91.1 cm³/mol. The lowest BCUT2D eigenvalue weighted by Crippen LogP contribution is -2.45. The van der Waals surface area contributed by atoms with Crippen molar-refractivity contribution >= 4 is 21.8 Å². The molecule has 2 N–H and O–H groups in total. The number of hydrogen-bond donors (Lipinski definition) is 2. The van der Waals surface area contributed by atoms with Crippen LogP contribution in [0.4, 0.5) is 4.79 Å². The number of hydrogen-bond acceptors (Lipinski definition) is 4. The topological polar surface area (TPSA) is 92.3 Å². The molecule has 0 unspecified atom stereocenters. The molecule has 1 saturated carbocycles. The normalized spacial score (nSPS) is 21.1. The quantitative estimate of drug-likeness (QED) is 0.851. The van der Waals surface area contributed by atoms with Gasteiger partial charge in [0.15, 0.2) is 0 Å². The molecule has 0 spiro atoms. The van der Waals surface area contributed by atoms with Gasteiger partial charge in [0.2, 0.25) is 0 Å². The van der Waals surface area contributed by atoms with Crippen molar-refractivity contribution in [3.63, 3.8) is 0 Å². The van der Waals surface area contributed by atoms with Gasteiger partial charge in [0, 0.05) is 12.5 Å². The summed E-state index contributed by atoms with van der Waals surface area (Å²) in [6.07, 6.45) is 4.07. The zero-order valence-electron chi connectivity index (χ0n) is 14.0. The Kier molecular flexibility index (Phi) is 5.99. The van der Waals surface area contributed by atoms with E-state index in [2.05, 4.69) is 12.2 Å². The minimum Gasteiger partial charge on any atom is -0.335 e. The van der Waals surface area contributed by atoms with Gasteiger partial charge in [-0.25, -0.2) is 17.9 Å². The molecule has 0 atom stereocenters. The summed E-state index contributed by atoms with van der Waals surface area (Å²) in [5.41, 5.74) is 0.738. The van der Waals surface area contributed by atoms with Gasteiger partial charge in [-0.1, -0.05) is 19.1 Å². The molecule has 1 aliphatic rings. The van der Waals surface area contributed by atoms with Crippen molar-refractivity contribution in [1.82, 2.24) is 10.0 Å². The van der Waals surface area contributed by atoms with Crippen LogP contribution >= 0.6 is 0 Å². The number of sulfonamides is 1. The van der Waals surface area contributed by atoms with Crippen molar-refractivity contribution in [2.45, 2.75) is 56.9 Å². The molecule has 6 nitrogen and oxygen atoms in total. The number of ketones is 1. The molecule has 0 aliphatic heterocycles. The molecule has 0 saturated heterocycles. The molecule has 7 heteroatoms. The fraction of sp³-hybridized carbons (Fsp3) is 0.529. The van der Waals surface area contributed by atoms with Crippen LogP contribution in [0.3, 0.4) is 0 Å². The highest BCUT2D eigenvalue weighted by Crippen LogP contribution is 2.23. The van der Waals surface area contributed by atoms with E-state index in [4.69, 9.17) is 0 Å². The van der Waals surface area contributed by atoms with E-state index in [1.54, 1.807) is 12.1 Å². The molecule has 0 aromatic heterocycles. The highest BCUT2D eigenvalue weighted by molar-refractivity contribution is 7.90. The fourth-order valence-corrected chi connectivity index (χ4v) is 3.79. The summed E-state index contributed by atoms with van der Waals surface area (Å²) in [4.78, 5) is 23.0. The standard InChI is InChI=1S/C17H24N2O4S/c1-12-3-7-15(8-4-12)18-17(21)19-24(22,23)16-9-5-14(6-10-16)11-13(2)20/h5-6,9-10,12,15H,3-4,7-8,11H2,1-2H3,(H2,18,19,21). The lowest BCUT2D eigenvalue weighted by Gasteiger charge is -2.26. The Bertz CT molecular complexity index is 690. The minimum atomic E-state index is -3.91. The molecular weight excluding hydrogens is 328 g/mol. The fourth-order valence-electron chi connectivity index (χ4n) is 2.87. The third-order valence-corrected chi connectivity index (χ3v) is 5.61. The first kappa shape index (κ1) is 18.4. The monoisotopic (exact) mass is 352 g/mol. The van der Waals surface area contributed by atoms with Crippen LogP contribution in [0.2, 0.25) is 0 Å². The second-order valence-electron chi connectivity index (χ2n) is 6.56. The smallest absolute Gasteiger partial charge is 0.328 e. The summed E-state index contributed by atoms with van der Waals surface area (Å²) in [5, 5.41) is 2.73. The maximum absolute atomic E-state index is 12.2. The molecule has 0 heterocycles. The molecule has 0 bridgehead atoms. The number of carbonyl (C=O) groups excluding carboxylic acids is 2. The van der Waals surface area contributed by atoms with Gasteiger partial charge in [0.05, 0.1) is 4.90 Å². The Balaban J connectivity index is 1.94. The first-order chi connectivity index (χ1) is 11.3.